The Morgan fingerprint density at radius 3 is 2.63 bits per heavy atom. The number of aromatic nitrogens is 2. The van der Waals surface area contributed by atoms with E-state index in [-0.39, 0.29) is 23.3 Å². The number of benzene rings is 1. The zero-order valence-electron chi connectivity index (χ0n) is 10.5. The summed E-state index contributed by atoms with van der Waals surface area (Å²) in [4.78, 5) is 18.2. The molecule has 0 spiro atoms. The fourth-order valence-electron chi connectivity index (χ4n) is 1.58. The predicted octanol–water partition coefficient (Wildman–Crippen LogP) is 2.38. The molecule has 1 aromatic heterocycles. The van der Waals surface area contributed by atoms with Gasteiger partial charge in [0.2, 0.25) is 17.6 Å². The molecule has 2 rings (SSSR count). The van der Waals surface area contributed by atoms with Gasteiger partial charge in [0.1, 0.15) is 0 Å². The minimum atomic E-state index is -0.500. The molecule has 19 heavy (non-hydrogen) atoms. The molecule has 0 amide bonds. The number of hydrogen-bond acceptors (Lipinski definition) is 6. The number of nitrogen functional groups attached to an aromatic ring is 1. The molecular weight excluding hydrogens is 248 g/mol. The second-order valence-corrected chi connectivity index (χ2v) is 4.04. The van der Waals surface area contributed by atoms with Crippen LogP contribution in [-0.4, -0.2) is 14.9 Å². The average molecular weight is 260 g/mol. The Labute approximate surface area is 109 Å². The average Bonchev–Trinajstić information content (AvgIpc) is 2.30. The Morgan fingerprint density at radius 1 is 1.26 bits per heavy atom. The molecule has 7 nitrogen and oxygen atoms in total. The monoisotopic (exact) mass is 260 g/mol. The number of nitrogens with two attached hydrogens (primary N) is 1. The van der Waals surface area contributed by atoms with Crippen LogP contribution in [0.2, 0.25) is 0 Å². The molecule has 2 N–H and O–H groups in total. The Bertz CT molecular complexity index is 623. The molecule has 0 saturated heterocycles. The largest absolute Gasteiger partial charge is 0.432 e. The van der Waals surface area contributed by atoms with Crippen molar-refractivity contribution in [3.05, 3.63) is 45.6 Å². The highest BCUT2D eigenvalue weighted by molar-refractivity contribution is 5.50. The van der Waals surface area contributed by atoms with E-state index in [1.165, 1.54) is 12.1 Å². The maximum atomic E-state index is 11.0. The van der Waals surface area contributed by atoms with E-state index in [0.29, 0.717) is 5.69 Å². The molecule has 0 bridgehead atoms. The van der Waals surface area contributed by atoms with Crippen LogP contribution in [0.5, 0.6) is 11.6 Å². The summed E-state index contributed by atoms with van der Waals surface area (Å²) in [5, 5.41) is 11.0. The normalized spacial score (nSPS) is 10.2. The minimum Gasteiger partial charge on any atom is -0.432 e. The first kappa shape index (κ1) is 12.7. The lowest BCUT2D eigenvalue weighted by Gasteiger charge is -2.07. The van der Waals surface area contributed by atoms with Gasteiger partial charge in [-0.25, -0.2) is 4.98 Å². The Hall–Kier alpha value is -2.70. The number of nitrogens with zero attached hydrogens (tertiary/aromatic N) is 3. The summed E-state index contributed by atoms with van der Waals surface area (Å²) in [6.45, 7) is 3.50. The number of hydrogen-bond donors (Lipinski definition) is 1. The third kappa shape index (κ3) is 2.95. The van der Waals surface area contributed by atoms with Gasteiger partial charge in [0.05, 0.1) is 4.92 Å². The number of nitro benzene ring substituents is 1. The van der Waals surface area contributed by atoms with Crippen LogP contribution < -0.4 is 10.5 Å². The number of nitro groups is 1. The van der Waals surface area contributed by atoms with Crippen LogP contribution in [0.15, 0.2) is 24.3 Å². The van der Waals surface area contributed by atoms with Gasteiger partial charge >= 0.3 is 5.69 Å². The number of anilines is 1. The molecule has 0 unspecified atom stereocenters. The van der Waals surface area contributed by atoms with Gasteiger partial charge in [0.15, 0.2) is 0 Å². The quantitative estimate of drug-likeness (QED) is 0.671. The molecule has 0 radical (unpaired) electrons. The van der Waals surface area contributed by atoms with Crippen LogP contribution in [0.25, 0.3) is 0 Å². The highest BCUT2D eigenvalue weighted by atomic mass is 16.6. The Morgan fingerprint density at radius 2 is 2.00 bits per heavy atom. The molecule has 0 aliphatic carbocycles. The van der Waals surface area contributed by atoms with Crippen molar-refractivity contribution >= 4 is 11.6 Å². The van der Waals surface area contributed by atoms with Crippen LogP contribution in [-0.2, 0) is 0 Å². The molecule has 1 heterocycles. The molecule has 0 aliphatic heterocycles. The molecule has 0 atom stereocenters. The third-order valence-corrected chi connectivity index (χ3v) is 2.37. The van der Waals surface area contributed by atoms with Gasteiger partial charge in [-0.05, 0) is 25.5 Å². The summed E-state index contributed by atoms with van der Waals surface area (Å²) in [6.07, 6.45) is 0. The molecule has 2 aromatic rings. The number of rotatable bonds is 3. The zero-order chi connectivity index (χ0) is 14.0. The lowest BCUT2D eigenvalue weighted by molar-refractivity contribution is -0.385. The van der Waals surface area contributed by atoms with Gasteiger partial charge < -0.3 is 10.5 Å². The van der Waals surface area contributed by atoms with Gasteiger partial charge in [-0.15, -0.1) is 0 Å². The van der Waals surface area contributed by atoms with E-state index in [1.807, 2.05) is 0 Å². The first-order valence-corrected chi connectivity index (χ1v) is 5.50. The molecule has 0 aliphatic rings. The minimum absolute atomic E-state index is 0.0600. The molecule has 1 aromatic carbocycles. The van der Waals surface area contributed by atoms with E-state index in [2.05, 4.69) is 9.97 Å². The van der Waals surface area contributed by atoms with E-state index < -0.39 is 4.92 Å². The topological polar surface area (TPSA) is 104 Å². The van der Waals surface area contributed by atoms with Crippen molar-refractivity contribution in [2.45, 2.75) is 13.8 Å². The Balaban J connectivity index is 2.40. The summed E-state index contributed by atoms with van der Waals surface area (Å²) in [6, 6.07) is 6.24. The smallest absolute Gasteiger partial charge is 0.311 e. The van der Waals surface area contributed by atoms with Crippen molar-refractivity contribution in [2.24, 2.45) is 0 Å². The molecule has 0 fully saturated rings. The van der Waals surface area contributed by atoms with Gasteiger partial charge in [-0.3, -0.25) is 10.1 Å². The lowest BCUT2D eigenvalue weighted by Crippen LogP contribution is -2.00. The van der Waals surface area contributed by atoms with Crippen LogP contribution in [0.3, 0.4) is 0 Å². The predicted molar refractivity (Wildman–Crippen MR) is 69.1 cm³/mol. The standard InChI is InChI=1S/C12H12N4O3/c1-7-3-4-10(9(5-7)16(17)18)19-11-6-8(2)14-12(13)15-11/h3-6H,1-2H3,(H2,13,14,15). The van der Waals surface area contributed by atoms with E-state index in [9.17, 15) is 10.1 Å². The fraction of sp³-hybridized carbons (Fsp3) is 0.167. The summed E-state index contributed by atoms with van der Waals surface area (Å²) in [5.41, 5.74) is 6.78. The van der Waals surface area contributed by atoms with Crippen LogP contribution in [0.1, 0.15) is 11.3 Å². The van der Waals surface area contributed by atoms with Gasteiger partial charge in [0.25, 0.3) is 0 Å². The van der Waals surface area contributed by atoms with Crippen molar-refractivity contribution in [3.8, 4) is 11.6 Å². The van der Waals surface area contributed by atoms with Crippen molar-refractivity contribution < 1.29 is 9.66 Å². The molecule has 7 heteroatoms. The van der Waals surface area contributed by atoms with Crippen molar-refractivity contribution in [3.63, 3.8) is 0 Å². The van der Waals surface area contributed by atoms with E-state index >= 15 is 0 Å². The summed E-state index contributed by atoms with van der Waals surface area (Å²) < 4.78 is 5.41. The maximum Gasteiger partial charge on any atom is 0.311 e. The third-order valence-electron chi connectivity index (χ3n) is 2.37. The highest BCUT2D eigenvalue weighted by Gasteiger charge is 2.16. The lowest BCUT2D eigenvalue weighted by atomic mass is 10.2. The highest BCUT2D eigenvalue weighted by Crippen LogP contribution is 2.31. The van der Waals surface area contributed by atoms with E-state index in [1.54, 1.807) is 26.0 Å². The summed E-state index contributed by atoms with van der Waals surface area (Å²) in [7, 11) is 0. The Kier molecular flexibility index (Phi) is 3.28. The second-order valence-electron chi connectivity index (χ2n) is 4.04. The van der Waals surface area contributed by atoms with E-state index in [4.69, 9.17) is 10.5 Å². The van der Waals surface area contributed by atoms with Crippen LogP contribution >= 0.6 is 0 Å². The first-order valence-electron chi connectivity index (χ1n) is 5.50. The van der Waals surface area contributed by atoms with Crippen molar-refractivity contribution in [1.82, 2.24) is 9.97 Å². The SMILES string of the molecule is Cc1ccc(Oc2cc(C)nc(N)n2)c([N+](=O)[O-])c1. The van der Waals surface area contributed by atoms with Crippen LogP contribution in [0, 0.1) is 24.0 Å². The molecular formula is C12H12N4O3. The zero-order valence-corrected chi connectivity index (χ0v) is 10.5. The van der Waals surface area contributed by atoms with E-state index in [0.717, 1.165) is 5.56 Å². The van der Waals surface area contributed by atoms with Gasteiger partial charge in [0, 0.05) is 17.8 Å². The maximum absolute atomic E-state index is 11.0. The van der Waals surface area contributed by atoms with Crippen molar-refractivity contribution in [2.75, 3.05) is 5.73 Å². The molecule has 98 valence electrons. The first-order chi connectivity index (χ1) is 8.95. The second kappa shape index (κ2) is 4.89. The molecule has 0 saturated carbocycles. The summed E-state index contributed by atoms with van der Waals surface area (Å²) in [5.74, 6) is 0.356. The van der Waals surface area contributed by atoms with Gasteiger partial charge in [-0.2, -0.15) is 4.98 Å². The van der Waals surface area contributed by atoms with Gasteiger partial charge in [-0.1, -0.05) is 6.07 Å². The van der Waals surface area contributed by atoms with Crippen LogP contribution in [0.4, 0.5) is 11.6 Å². The number of aryl methyl sites for hydroxylation is 2. The fourth-order valence-corrected chi connectivity index (χ4v) is 1.58. The summed E-state index contributed by atoms with van der Waals surface area (Å²) >= 11 is 0. The van der Waals surface area contributed by atoms with Crippen molar-refractivity contribution in [1.29, 1.82) is 0 Å². The number of ether oxygens (including phenoxy) is 1.